The molecule has 1 heterocycles. The Bertz CT molecular complexity index is 821. The maximum absolute atomic E-state index is 12.1. The Balaban J connectivity index is 1.57. The summed E-state index contributed by atoms with van der Waals surface area (Å²) in [5.74, 6) is -0.0371. The van der Waals surface area contributed by atoms with Crippen molar-refractivity contribution in [2.75, 3.05) is 25.1 Å². The zero-order chi connectivity index (χ0) is 17.8. The smallest absolute Gasteiger partial charge is 0.338 e. The molecule has 0 spiro atoms. The normalized spacial score (nSPS) is 12.4. The lowest BCUT2D eigenvalue weighted by atomic mass is 10.2. The third-order valence-corrected chi connectivity index (χ3v) is 3.82. The maximum Gasteiger partial charge on any atom is 0.338 e. The van der Waals surface area contributed by atoms with Gasteiger partial charge in [-0.15, -0.1) is 0 Å². The molecule has 6 nitrogen and oxygen atoms in total. The van der Waals surface area contributed by atoms with Gasteiger partial charge in [-0.1, -0.05) is 17.7 Å². The highest BCUT2D eigenvalue weighted by Crippen LogP contribution is 2.31. The van der Waals surface area contributed by atoms with Gasteiger partial charge in [0.2, 0.25) is 0 Å². The molecule has 2 aromatic rings. The number of halogens is 1. The number of rotatable bonds is 4. The maximum atomic E-state index is 12.1. The number of esters is 1. The van der Waals surface area contributed by atoms with E-state index >= 15 is 0 Å². The fourth-order valence-corrected chi connectivity index (χ4v) is 2.57. The molecule has 0 bridgehead atoms. The van der Waals surface area contributed by atoms with Gasteiger partial charge in [-0.25, -0.2) is 4.79 Å². The standard InChI is InChI=1S/C18H16ClNO5/c1-11-2-4-14(13(19)8-11)20-17(21)10-25-18(22)12-3-5-15-16(9-12)24-7-6-23-15/h2-5,8-9H,6-7,10H2,1H3,(H,20,21). The second-order valence-electron chi connectivity index (χ2n) is 5.47. The Morgan fingerprint density at radius 2 is 1.88 bits per heavy atom. The van der Waals surface area contributed by atoms with E-state index in [1.54, 1.807) is 24.3 Å². The van der Waals surface area contributed by atoms with Crippen LogP contribution >= 0.6 is 11.6 Å². The molecule has 0 saturated carbocycles. The van der Waals surface area contributed by atoms with E-state index in [-0.39, 0.29) is 5.56 Å². The lowest BCUT2D eigenvalue weighted by Crippen LogP contribution is -2.21. The molecule has 7 heteroatoms. The first-order chi connectivity index (χ1) is 12.0. The summed E-state index contributed by atoms with van der Waals surface area (Å²) in [5.41, 5.74) is 1.73. The summed E-state index contributed by atoms with van der Waals surface area (Å²) in [6, 6.07) is 9.98. The highest BCUT2D eigenvalue weighted by atomic mass is 35.5. The van der Waals surface area contributed by atoms with Gasteiger partial charge in [-0.2, -0.15) is 0 Å². The lowest BCUT2D eigenvalue weighted by molar-refractivity contribution is -0.119. The minimum Gasteiger partial charge on any atom is -0.486 e. The molecule has 0 unspecified atom stereocenters. The minimum atomic E-state index is -0.623. The predicted octanol–water partition coefficient (Wildman–Crippen LogP) is 3.22. The minimum absolute atomic E-state index is 0.283. The van der Waals surface area contributed by atoms with Gasteiger partial charge in [0.15, 0.2) is 18.1 Å². The largest absolute Gasteiger partial charge is 0.486 e. The van der Waals surface area contributed by atoms with Gasteiger partial charge in [-0.05, 0) is 42.8 Å². The van der Waals surface area contributed by atoms with Crippen molar-refractivity contribution < 1.29 is 23.8 Å². The van der Waals surface area contributed by atoms with E-state index in [1.165, 1.54) is 6.07 Å². The molecule has 0 aromatic heterocycles. The number of amides is 1. The van der Waals surface area contributed by atoms with Gasteiger partial charge in [0.25, 0.3) is 5.91 Å². The Morgan fingerprint density at radius 1 is 1.12 bits per heavy atom. The molecule has 1 amide bonds. The van der Waals surface area contributed by atoms with Crippen LogP contribution in [0.25, 0.3) is 0 Å². The first-order valence-corrected chi connectivity index (χ1v) is 8.03. The fourth-order valence-electron chi connectivity index (χ4n) is 2.29. The number of carbonyl (C=O) groups is 2. The van der Waals surface area contributed by atoms with E-state index in [4.69, 9.17) is 25.8 Å². The van der Waals surface area contributed by atoms with Crippen LogP contribution < -0.4 is 14.8 Å². The van der Waals surface area contributed by atoms with Gasteiger partial charge in [0, 0.05) is 0 Å². The third-order valence-electron chi connectivity index (χ3n) is 3.51. The average molecular weight is 362 g/mol. The van der Waals surface area contributed by atoms with Crippen molar-refractivity contribution in [3.8, 4) is 11.5 Å². The predicted molar refractivity (Wildman–Crippen MR) is 92.5 cm³/mol. The van der Waals surface area contributed by atoms with Crippen molar-refractivity contribution in [1.82, 2.24) is 0 Å². The lowest BCUT2D eigenvalue weighted by Gasteiger charge is -2.18. The molecule has 3 rings (SSSR count). The number of nitrogens with one attached hydrogen (secondary N) is 1. The van der Waals surface area contributed by atoms with Gasteiger partial charge < -0.3 is 19.5 Å². The number of aryl methyl sites for hydroxylation is 1. The molecule has 0 radical (unpaired) electrons. The van der Waals surface area contributed by atoms with Crippen molar-refractivity contribution in [1.29, 1.82) is 0 Å². The van der Waals surface area contributed by atoms with Crippen molar-refractivity contribution in [3.05, 3.63) is 52.5 Å². The molecule has 0 fully saturated rings. The van der Waals surface area contributed by atoms with Crippen LogP contribution in [0.4, 0.5) is 5.69 Å². The topological polar surface area (TPSA) is 73.9 Å². The van der Waals surface area contributed by atoms with Crippen LogP contribution in [0.15, 0.2) is 36.4 Å². The number of fused-ring (bicyclic) bond motifs is 1. The van der Waals surface area contributed by atoms with Gasteiger partial charge in [0.05, 0.1) is 16.3 Å². The Kier molecular flexibility index (Phi) is 5.09. The number of anilines is 1. The SMILES string of the molecule is Cc1ccc(NC(=O)COC(=O)c2ccc3c(c2)OCCO3)c(Cl)c1. The third kappa shape index (κ3) is 4.22. The van der Waals surface area contributed by atoms with Crippen molar-refractivity contribution in [3.63, 3.8) is 0 Å². The van der Waals surface area contributed by atoms with Crippen LogP contribution in [0.2, 0.25) is 5.02 Å². The summed E-state index contributed by atoms with van der Waals surface area (Å²) in [6.07, 6.45) is 0. The van der Waals surface area contributed by atoms with E-state index in [1.807, 2.05) is 13.0 Å². The van der Waals surface area contributed by atoms with Gasteiger partial charge in [0.1, 0.15) is 13.2 Å². The second kappa shape index (κ2) is 7.44. The summed E-state index contributed by atoms with van der Waals surface area (Å²) in [6.45, 7) is 2.37. The van der Waals surface area contributed by atoms with Gasteiger partial charge in [-0.3, -0.25) is 4.79 Å². The Morgan fingerprint density at radius 3 is 2.64 bits per heavy atom. The molecule has 0 aliphatic carbocycles. The Labute approximate surface area is 149 Å². The van der Waals surface area contributed by atoms with Crippen LogP contribution in [0.3, 0.4) is 0 Å². The van der Waals surface area contributed by atoms with Crippen LogP contribution in [0, 0.1) is 6.92 Å². The highest BCUT2D eigenvalue weighted by molar-refractivity contribution is 6.33. The van der Waals surface area contributed by atoms with Crippen LogP contribution in [0.5, 0.6) is 11.5 Å². The molecule has 1 N–H and O–H groups in total. The number of hydrogen-bond acceptors (Lipinski definition) is 5. The number of hydrogen-bond donors (Lipinski definition) is 1. The second-order valence-corrected chi connectivity index (χ2v) is 5.87. The summed E-state index contributed by atoms with van der Waals surface area (Å²) in [7, 11) is 0. The summed E-state index contributed by atoms with van der Waals surface area (Å²) >= 11 is 6.05. The molecule has 0 saturated heterocycles. The average Bonchev–Trinajstić information content (AvgIpc) is 2.61. The van der Waals surface area contributed by atoms with E-state index < -0.39 is 18.5 Å². The molecule has 0 atom stereocenters. The van der Waals surface area contributed by atoms with E-state index in [2.05, 4.69) is 5.32 Å². The molecule has 25 heavy (non-hydrogen) atoms. The fraction of sp³-hybridized carbons (Fsp3) is 0.222. The molecule has 130 valence electrons. The van der Waals surface area contributed by atoms with Crippen LogP contribution in [0.1, 0.15) is 15.9 Å². The quantitative estimate of drug-likeness (QED) is 0.846. The number of carbonyl (C=O) groups excluding carboxylic acids is 2. The summed E-state index contributed by atoms with van der Waals surface area (Å²) in [5, 5.41) is 3.02. The van der Waals surface area contributed by atoms with E-state index in [0.29, 0.717) is 35.4 Å². The monoisotopic (exact) mass is 361 g/mol. The summed E-state index contributed by atoms with van der Waals surface area (Å²) < 4.78 is 15.8. The molecule has 1 aliphatic rings. The van der Waals surface area contributed by atoms with Crippen molar-refractivity contribution in [2.24, 2.45) is 0 Å². The van der Waals surface area contributed by atoms with Crippen molar-refractivity contribution >= 4 is 29.2 Å². The van der Waals surface area contributed by atoms with Crippen LogP contribution in [-0.4, -0.2) is 31.7 Å². The first kappa shape index (κ1) is 17.1. The zero-order valence-corrected chi connectivity index (χ0v) is 14.3. The van der Waals surface area contributed by atoms with E-state index in [0.717, 1.165) is 5.56 Å². The first-order valence-electron chi connectivity index (χ1n) is 7.66. The summed E-state index contributed by atoms with van der Waals surface area (Å²) in [4.78, 5) is 24.0. The molecular formula is C18H16ClNO5. The van der Waals surface area contributed by atoms with Crippen LogP contribution in [-0.2, 0) is 9.53 Å². The van der Waals surface area contributed by atoms with E-state index in [9.17, 15) is 9.59 Å². The molecule has 2 aromatic carbocycles. The molecular weight excluding hydrogens is 346 g/mol. The highest BCUT2D eigenvalue weighted by Gasteiger charge is 2.17. The number of benzene rings is 2. The Hall–Kier alpha value is -2.73. The van der Waals surface area contributed by atoms with Crippen molar-refractivity contribution in [2.45, 2.75) is 6.92 Å². The zero-order valence-electron chi connectivity index (χ0n) is 13.5. The van der Waals surface area contributed by atoms with Gasteiger partial charge >= 0.3 is 5.97 Å². The number of ether oxygens (including phenoxy) is 3. The molecule has 1 aliphatic heterocycles.